The molecular formula is C34H33F7N2O4. The molecule has 1 saturated carbocycles. The fourth-order valence-corrected chi connectivity index (χ4v) is 6.56. The van der Waals surface area contributed by atoms with Gasteiger partial charge in [-0.05, 0) is 86.1 Å². The fourth-order valence-electron chi connectivity index (χ4n) is 6.56. The minimum Gasteiger partial charge on any atom is -0.445 e. The maximum absolute atomic E-state index is 13.9. The van der Waals surface area contributed by atoms with Crippen molar-refractivity contribution in [1.82, 2.24) is 10.6 Å². The van der Waals surface area contributed by atoms with E-state index in [9.17, 15) is 40.3 Å². The van der Waals surface area contributed by atoms with E-state index in [1.54, 1.807) is 43.3 Å². The summed E-state index contributed by atoms with van der Waals surface area (Å²) in [4.78, 5) is 25.8. The molecule has 6 nitrogen and oxygen atoms in total. The molecule has 2 fully saturated rings. The van der Waals surface area contributed by atoms with Crippen molar-refractivity contribution >= 4 is 12.0 Å². The van der Waals surface area contributed by atoms with Gasteiger partial charge >= 0.3 is 18.4 Å². The number of alkyl halides is 6. The summed E-state index contributed by atoms with van der Waals surface area (Å²) in [7, 11) is 0. The Bertz CT molecular complexity index is 1550. The number of halogens is 7. The second kappa shape index (κ2) is 13.2. The van der Waals surface area contributed by atoms with Crippen LogP contribution in [-0.4, -0.2) is 29.7 Å². The number of hydrogen-bond donors (Lipinski definition) is 2. The van der Waals surface area contributed by atoms with E-state index in [0.717, 1.165) is 5.56 Å². The first kappa shape index (κ1) is 34.2. The molecule has 1 aliphatic heterocycles. The van der Waals surface area contributed by atoms with Gasteiger partial charge in [0.2, 0.25) is 5.91 Å². The van der Waals surface area contributed by atoms with E-state index in [1.807, 2.05) is 6.07 Å². The van der Waals surface area contributed by atoms with Gasteiger partial charge in [0.25, 0.3) is 0 Å². The zero-order valence-electron chi connectivity index (χ0n) is 25.4. The van der Waals surface area contributed by atoms with Gasteiger partial charge in [-0.2, -0.15) is 26.3 Å². The SMILES string of the molecule is C[C@@H](O[C@H]1CC[C@@H]([C@@H]2C[C@](C)(NC(=O)OCc3ccccc3)C(=O)N2)[C@@H]1c1ccc(F)cc1)c1cc(C(F)(F)F)cc(C(F)(F)F)c1. The van der Waals surface area contributed by atoms with E-state index in [1.165, 1.54) is 19.1 Å². The third-order valence-electron chi connectivity index (χ3n) is 8.91. The maximum Gasteiger partial charge on any atom is 0.416 e. The number of carbonyl (C=O) groups is 2. The molecule has 0 radical (unpaired) electrons. The van der Waals surface area contributed by atoms with Gasteiger partial charge in [-0.25, -0.2) is 9.18 Å². The van der Waals surface area contributed by atoms with Crippen LogP contribution in [0.15, 0.2) is 72.8 Å². The standard InChI is InChI=1S/C34H33F7N2O4/c1-19(22-14-23(33(36,37)38)16-24(15-22)34(39,40)41)47-28-13-12-26(29(28)21-8-10-25(35)11-9-21)27-17-32(2,30(44)42-27)43-31(45)46-18-20-6-4-3-5-7-20/h3-11,14-16,19,26-29H,12-13,17-18H2,1-2H3,(H,42,44)(H,43,45)/t19-,26+,27+,28+,29+,32+/m1/s1. The van der Waals surface area contributed by atoms with Crippen molar-refractivity contribution in [2.45, 2.75) is 81.8 Å². The van der Waals surface area contributed by atoms with E-state index >= 15 is 0 Å². The minimum absolute atomic E-state index is 0.00336. The molecule has 2 aliphatic rings. The predicted molar refractivity (Wildman–Crippen MR) is 156 cm³/mol. The van der Waals surface area contributed by atoms with Crippen LogP contribution in [0.1, 0.15) is 72.9 Å². The molecule has 0 aromatic heterocycles. The molecule has 47 heavy (non-hydrogen) atoms. The van der Waals surface area contributed by atoms with Crippen LogP contribution in [0.5, 0.6) is 0 Å². The molecule has 0 spiro atoms. The largest absolute Gasteiger partial charge is 0.445 e. The highest BCUT2D eigenvalue weighted by Gasteiger charge is 2.51. The highest BCUT2D eigenvalue weighted by atomic mass is 19.4. The van der Waals surface area contributed by atoms with E-state index in [2.05, 4.69) is 10.6 Å². The van der Waals surface area contributed by atoms with E-state index in [-0.39, 0.29) is 30.6 Å². The predicted octanol–water partition coefficient (Wildman–Crippen LogP) is 8.08. The summed E-state index contributed by atoms with van der Waals surface area (Å²) in [6.45, 7) is 2.94. The molecule has 6 atom stereocenters. The molecule has 2 N–H and O–H groups in total. The van der Waals surface area contributed by atoms with E-state index < -0.39 is 71.0 Å². The van der Waals surface area contributed by atoms with Crippen LogP contribution in [0.25, 0.3) is 0 Å². The number of rotatable bonds is 8. The van der Waals surface area contributed by atoms with Crippen LogP contribution in [0.3, 0.4) is 0 Å². The van der Waals surface area contributed by atoms with E-state index in [0.29, 0.717) is 30.5 Å². The van der Waals surface area contributed by atoms with Gasteiger partial charge in [0.05, 0.1) is 23.3 Å². The summed E-state index contributed by atoms with van der Waals surface area (Å²) in [5.74, 6) is -1.78. The normalized spacial score (nSPS) is 25.3. The lowest BCUT2D eigenvalue weighted by atomic mass is 9.80. The summed E-state index contributed by atoms with van der Waals surface area (Å²) < 4.78 is 107. The Morgan fingerprint density at radius 1 is 0.957 bits per heavy atom. The van der Waals surface area contributed by atoms with Crippen molar-refractivity contribution in [3.05, 3.63) is 106 Å². The van der Waals surface area contributed by atoms with Gasteiger partial charge in [-0.3, -0.25) is 4.79 Å². The molecular weight excluding hydrogens is 633 g/mol. The Hall–Kier alpha value is -4.13. The Balaban J connectivity index is 1.35. The Labute approximate surface area is 266 Å². The lowest BCUT2D eigenvalue weighted by Gasteiger charge is -2.31. The molecule has 1 aliphatic carbocycles. The second-order valence-corrected chi connectivity index (χ2v) is 12.3. The number of ether oxygens (including phenoxy) is 2. The summed E-state index contributed by atoms with van der Waals surface area (Å²) in [6.07, 6.45) is -11.7. The van der Waals surface area contributed by atoms with Gasteiger partial charge in [0.1, 0.15) is 18.0 Å². The van der Waals surface area contributed by atoms with Crippen LogP contribution in [0, 0.1) is 11.7 Å². The Morgan fingerprint density at radius 3 is 2.17 bits per heavy atom. The molecule has 252 valence electrons. The summed E-state index contributed by atoms with van der Waals surface area (Å²) in [5, 5.41) is 5.59. The first-order valence-electron chi connectivity index (χ1n) is 15.0. The number of benzene rings is 3. The lowest BCUT2D eigenvalue weighted by molar-refractivity contribution is -0.143. The molecule has 0 bridgehead atoms. The fraction of sp³-hybridized carbons (Fsp3) is 0.412. The van der Waals surface area contributed by atoms with Crippen molar-refractivity contribution in [2.24, 2.45) is 5.92 Å². The third-order valence-corrected chi connectivity index (χ3v) is 8.91. The molecule has 1 saturated heterocycles. The highest BCUT2D eigenvalue weighted by Crippen LogP contribution is 2.48. The summed E-state index contributed by atoms with van der Waals surface area (Å²) in [5.41, 5.74) is -3.13. The van der Waals surface area contributed by atoms with Gasteiger partial charge in [-0.1, -0.05) is 42.5 Å². The lowest BCUT2D eigenvalue weighted by Crippen LogP contribution is -2.51. The van der Waals surface area contributed by atoms with Crippen molar-refractivity contribution < 1.29 is 49.8 Å². The topological polar surface area (TPSA) is 76.7 Å². The number of amides is 2. The molecule has 3 aromatic rings. The average molecular weight is 667 g/mol. The first-order valence-corrected chi connectivity index (χ1v) is 15.0. The molecule has 2 amide bonds. The summed E-state index contributed by atoms with van der Waals surface area (Å²) in [6, 6.07) is 15.4. The molecule has 0 unspecified atom stereocenters. The van der Waals surface area contributed by atoms with Crippen LogP contribution in [0.2, 0.25) is 0 Å². The molecule has 1 heterocycles. The van der Waals surface area contributed by atoms with Crippen molar-refractivity contribution in [3.8, 4) is 0 Å². The zero-order valence-corrected chi connectivity index (χ0v) is 25.4. The molecule has 5 rings (SSSR count). The van der Waals surface area contributed by atoms with E-state index in [4.69, 9.17) is 9.47 Å². The van der Waals surface area contributed by atoms with Crippen LogP contribution >= 0.6 is 0 Å². The average Bonchev–Trinajstić information content (AvgIpc) is 3.55. The van der Waals surface area contributed by atoms with Gasteiger partial charge < -0.3 is 20.1 Å². The quantitative estimate of drug-likeness (QED) is 0.239. The number of carbonyl (C=O) groups excluding carboxylic acids is 2. The monoisotopic (exact) mass is 666 g/mol. The Kier molecular flexibility index (Phi) is 9.59. The maximum atomic E-state index is 13.9. The minimum atomic E-state index is -5.01. The number of nitrogens with one attached hydrogen (secondary N) is 2. The van der Waals surface area contributed by atoms with Crippen LogP contribution in [0.4, 0.5) is 35.5 Å². The molecule has 13 heteroatoms. The van der Waals surface area contributed by atoms with Gasteiger partial charge in [0, 0.05) is 12.0 Å². The second-order valence-electron chi connectivity index (χ2n) is 12.3. The van der Waals surface area contributed by atoms with Gasteiger partial charge in [0.15, 0.2) is 0 Å². The van der Waals surface area contributed by atoms with Crippen molar-refractivity contribution in [1.29, 1.82) is 0 Å². The summed E-state index contributed by atoms with van der Waals surface area (Å²) >= 11 is 0. The van der Waals surface area contributed by atoms with Crippen molar-refractivity contribution in [3.63, 3.8) is 0 Å². The van der Waals surface area contributed by atoms with Crippen LogP contribution in [-0.2, 0) is 33.2 Å². The van der Waals surface area contributed by atoms with Crippen molar-refractivity contribution in [2.75, 3.05) is 0 Å². The smallest absolute Gasteiger partial charge is 0.416 e. The van der Waals surface area contributed by atoms with Gasteiger partial charge in [-0.15, -0.1) is 0 Å². The molecule has 3 aromatic carbocycles. The van der Waals surface area contributed by atoms with Crippen LogP contribution < -0.4 is 10.6 Å². The number of alkyl carbamates (subject to hydrolysis) is 1. The first-order chi connectivity index (χ1) is 22.0. The third kappa shape index (κ3) is 7.89. The zero-order chi connectivity index (χ0) is 34.1. The number of hydrogen-bond acceptors (Lipinski definition) is 4. The Morgan fingerprint density at radius 2 is 1.57 bits per heavy atom. The highest BCUT2D eigenvalue weighted by molar-refractivity contribution is 5.91.